The summed E-state index contributed by atoms with van der Waals surface area (Å²) in [5.41, 5.74) is 10.9. The predicted octanol–water partition coefficient (Wildman–Crippen LogP) is 4.75. The number of anilines is 1. The Morgan fingerprint density at radius 1 is 1.06 bits per heavy atom. The number of imidazole rings is 1. The number of hydrogen-bond donors (Lipinski definition) is 1. The second kappa shape index (κ2) is 9.12. The maximum atomic E-state index is 12.6. The van der Waals surface area contributed by atoms with Gasteiger partial charge >= 0.3 is 6.09 Å². The zero-order chi connectivity index (χ0) is 23.8. The maximum Gasteiger partial charge on any atom is 0.414 e. The number of nitrogens with two attached hydrogens (primary N) is 1. The van der Waals surface area contributed by atoms with Gasteiger partial charge in [-0.1, -0.05) is 30.3 Å². The Bertz CT molecular complexity index is 1210. The molecular formula is C27H32N4O3. The van der Waals surface area contributed by atoms with Crippen molar-refractivity contribution in [3.63, 3.8) is 0 Å². The Morgan fingerprint density at radius 3 is 2.47 bits per heavy atom. The second-order valence-corrected chi connectivity index (χ2v) is 9.63. The fourth-order valence-corrected chi connectivity index (χ4v) is 5.75. The number of ether oxygens (including phenoxy) is 1. The second-order valence-electron chi connectivity index (χ2n) is 9.63. The summed E-state index contributed by atoms with van der Waals surface area (Å²) < 4.78 is 7.47. The van der Waals surface area contributed by atoms with Crippen LogP contribution in [0.5, 0.6) is 0 Å². The molecule has 2 aliphatic rings. The van der Waals surface area contributed by atoms with E-state index in [-0.39, 0.29) is 30.0 Å². The van der Waals surface area contributed by atoms with Gasteiger partial charge in [0, 0.05) is 30.0 Å². The van der Waals surface area contributed by atoms with Gasteiger partial charge in [-0.05, 0) is 63.1 Å². The molecule has 1 aromatic heterocycles. The first-order chi connectivity index (χ1) is 16.5. The normalized spacial score (nSPS) is 22.4. The van der Waals surface area contributed by atoms with Crippen LogP contribution in [0.3, 0.4) is 0 Å². The number of rotatable bonds is 4. The minimum atomic E-state index is -0.332. The molecule has 7 nitrogen and oxygen atoms in total. The van der Waals surface area contributed by atoms with E-state index in [0.717, 1.165) is 73.1 Å². The minimum absolute atomic E-state index is 0.0357. The third-order valence-corrected chi connectivity index (χ3v) is 7.57. The maximum absolute atomic E-state index is 12.6. The van der Waals surface area contributed by atoms with E-state index in [1.807, 2.05) is 12.1 Å². The van der Waals surface area contributed by atoms with Crippen LogP contribution in [0.4, 0.5) is 10.5 Å². The third-order valence-electron chi connectivity index (χ3n) is 7.57. The number of methoxy groups -OCH3 is 1. The molecule has 0 unspecified atom stereocenters. The van der Waals surface area contributed by atoms with E-state index in [1.54, 1.807) is 4.90 Å². The number of benzene rings is 2. The highest BCUT2D eigenvalue weighted by Crippen LogP contribution is 2.40. The number of nitrogens with zero attached hydrogens (tertiary/aromatic N) is 3. The first-order valence-corrected chi connectivity index (χ1v) is 12.2. The molecule has 0 radical (unpaired) electrons. The van der Waals surface area contributed by atoms with E-state index in [9.17, 15) is 9.59 Å². The van der Waals surface area contributed by atoms with E-state index < -0.39 is 0 Å². The minimum Gasteiger partial charge on any atom is -0.452 e. The SMILES string of the molecule is COC(=O)N1c2ccc3c(nc(Cc4ccccc4)n3[C@H]3CC[C@H](C(N)=O)CC3)c2CC[C@@H]1C. The molecule has 2 heterocycles. The van der Waals surface area contributed by atoms with Crippen LogP contribution in [-0.4, -0.2) is 34.7 Å². The molecule has 1 saturated carbocycles. The first-order valence-electron chi connectivity index (χ1n) is 12.2. The average Bonchev–Trinajstić information content (AvgIpc) is 3.22. The monoisotopic (exact) mass is 460 g/mol. The molecule has 178 valence electrons. The molecule has 1 atom stereocenters. The van der Waals surface area contributed by atoms with E-state index in [2.05, 4.69) is 41.8 Å². The summed E-state index contributed by atoms with van der Waals surface area (Å²) in [5, 5.41) is 0. The summed E-state index contributed by atoms with van der Waals surface area (Å²) in [5.74, 6) is 0.802. The highest BCUT2D eigenvalue weighted by molar-refractivity contribution is 5.95. The number of fused-ring (bicyclic) bond motifs is 3. The number of amides is 2. The third kappa shape index (κ3) is 3.93. The number of aromatic nitrogens is 2. The van der Waals surface area contributed by atoms with Crippen LogP contribution in [0, 0.1) is 5.92 Å². The highest BCUT2D eigenvalue weighted by atomic mass is 16.5. The molecule has 5 rings (SSSR count). The zero-order valence-corrected chi connectivity index (χ0v) is 19.9. The predicted molar refractivity (Wildman–Crippen MR) is 132 cm³/mol. The number of carbonyl (C=O) groups is 2. The van der Waals surface area contributed by atoms with Crippen LogP contribution in [0.15, 0.2) is 42.5 Å². The lowest BCUT2D eigenvalue weighted by Crippen LogP contribution is -2.42. The lowest BCUT2D eigenvalue weighted by atomic mass is 9.85. The van der Waals surface area contributed by atoms with Crippen molar-refractivity contribution in [3.05, 3.63) is 59.4 Å². The van der Waals surface area contributed by atoms with Crippen LogP contribution < -0.4 is 10.6 Å². The van der Waals surface area contributed by atoms with Crippen LogP contribution >= 0.6 is 0 Å². The van der Waals surface area contributed by atoms with Gasteiger partial charge in [0.2, 0.25) is 5.91 Å². The Morgan fingerprint density at radius 2 is 1.79 bits per heavy atom. The van der Waals surface area contributed by atoms with Crippen molar-refractivity contribution < 1.29 is 14.3 Å². The van der Waals surface area contributed by atoms with Crippen LogP contribution in [0.2, 0.25) is 0 Å². The molecule has 7 heteroatoms. The van der Waals surface area contributed by atoms with Crippen molar-refractivity contribution in [1.29, 1.82) is 0 Å². The van der Waals surface area contributed by atoms with Gasteiger partial charge < -0.3 is 15.0 Å². The van der Waals surface area contributed by atoms with Gasteiger partial charge in [0.1, 0.15) is 5.82 Å². The smallest absolute Gasteiger partial charge is 0.414 e. The van der Waals surface area contributed by atoms with Gasteiger partial charge in [-0.15, -0.1) is 0 Å². The summed E-state index contributed by atoms with van der Waals surface area (Å²) >= 11 is 0. The lowest BCUT2D eigenvalue weighted by molar-refractivity contribution is -0.122. The quantitative estimate of drug-likeness (QED) is 0.608. The molecule has 34 heavy (non-hydrogen) atoms. The molecule has 1 aliphatic heterocycles. The Balaban J connectivity index is 1.61. The summed E-state index contributed by atoms with van der Waals surface area (Å²) in [7, 11) is 1.43. The highest BCUT2D eigenvalue weighted by Gasteiger charge is 2.33. The number of aryl methyl sites for hydroxylation is 1. The van der Waals surface area contributed by atoms with Crippen molar-refractivity contribution >= 4 is 28.7 Å². The summed E-state index contributed by atoms with van der Waals surface area (Å²) in [6.07, 6.45) is 5.57. The van der Waals surface area contributed by atoms with Gasteiger partial charge in [-0.3, -0.25) is 9.69 Å². The topological polar surface area (TPSA) is 90.4 Å². The number of carbonyl (C=O) groups excluding carboxylic acids is 2. The van der Waals surface area contributed by atoms with Gasteiger partial charge in [0.25, 0.3) is 0 Å². The number of hydrogen-bond acceptors (Lipinski definition) is 4. The summed E-state index contributed by atoms with van der Waals surface area (Å²) in [4.78, 5) is 31.2. The number of primary amides is 1. The fraction of sp³-hybridized carbons (Fsp3) is 0.444. The molecule has 3 aromatic rings. The van der Waals surface area contributed by atoms with Crippen molar-refractivity contribution in [1.82, 2.24) is 9.55 Å². The van der Waals surface area contributed by atoms with Crippen molar-refractivity contribution in [2.24, 2.45) is 11.7 Å². The first kappa shape index (κ1) is 22.4. The largest absolute Gasteiger partial charge is 0.452 e. The van der Waals surface area contributed by atoms with Crippen LogP contribution in [0.1, 0.15) is 62.0 Å². The molecule has 0 saturated heterocycles. The molecule has 2 N–H and O–H groups in total. The van der Waals surface area contributed by atoms with Crippen molar-refractivity contribution in [3.8, 4) is 0 Å². The van der Waals surface area contributed by atoms with Crippen LogP contribution in [0.25, 0.3) is 11.0 Å². The van der Waals surface area contributed by atoms with E-state index in [1.165, 1.54) is 12.7 Å². The Hall–Kier alpha value is -3.35. The Labute approximate surface area is 199 Å². The molecule has 1 aliphatic carbocycles. The van der Waals surface area contributed by atoms with Gasteiger partial charge in [0.05, 0.1) is 23.8 Å². The average molecular weight is 461 g/mol. The standard InChI is InChI=1S/C27H32N4O3/c1-17-8-13-21-22(30(17)27(33)34-2)14-15-23-25(21)29-24(16-18-6-4-3-5-7-18)31(23)20-11-9-19(10-12-20)26(28)32/h3-7,14-15,17,19-20H,8-13,16H2,1-2H3,(H2,28,32)/t17-,19-,20-/m0/s1. The molecular weight excluding hydrogens is 428 g/mol. The van der Waals surface area contributed by atoms with Crippen molar-refractivity contribution in [2.75, 3.05) is 12.0 Å². The Kier molecular flexibility index (Phi) is 6.02. The molecule has 0 spiro atoms. The van der Waals surface area contributed by atoms with Crippen molar-refractivity contribution in [2.45, 2.75) is 64.0 Å². The summed E-state index contributed by atoms with van der Waals surface area (Å²) in [6.45, 7) is 2.06. The molecule has 0 bridgehead atoms. The van der Waals surface area contributed by atoms with Gasteiger partial charge in [0.15, 0.2) is 0 Å². The van der Waals surface area contributed by atoms with Gasteiger partial charge in [-0.2, -0.15) is 0 Å². The lowest BCUT2D eigenvalue weighted by Gasteiger charge is -2.34. The molecule has 2 amide bonds. The summed E-state index contributed by atoms with van der Waals surface area (Å²) in [6, 6.07) is 14.9. The molecule has 1 fully saturated rings. The van der Waals surface area contributed by atoms with E-state index >= 15 is 0 Å². The van der Waals surface area contributed by atoms with Crippen LogP contribution in [-0.2, 0) is 22.4 Å². The van der Waals surface area contributed by atoms with E-state index in [4.69, 9.17) is 15.5 Å². The van der Waals surface area contributed by atoms with Gasteiger partial charge in [-0.25, -0.2) is 9.78 Å². The fourth-order valence-electron chi connectivity index (χ4n) is 5.75. The molecule has 2 aromatic carbocycles. The zero-order valence-electron chi connectivity index (χ0n) is 19.9. The van der Waals surface area contributed by atoms with E-state index in [0.29, 0.717) is 0 Å².